The lowest BCUT2D eigenvalue weighted by molar-refractivity contribution is -0.130. The molecule has 1 aromatic heterocycles. The number of cyclic esters (lactones) is 1. The molecule has 1 aromatic carbocycles. The first-order chi connectivity index (χ1) is 10.2. The van der Waals surface area contributed by atoms with Gasteiger partial charge in [0.25, 0.3) is 0 Å². The third kappa shape index (κ3) is 3.25. The van der Waals surface area contributed by atoms with Crippen LogP contribution >= 0.6 is 0 Å². The van der Waals surface area contributed by atoms with Crippen LogP contribution in [-0.2, 0) is 16.0 Å². The fraction of sp³-hybridized carbons (Fsp3) is 0.125. The predicted octanol–water partition coefficient (Wildman–Crippen LogP) is 3.35. The van der Waals surface area contributed by atoms with Gasteiger partial charge in [-0.3, -0.25) is 0 Å². The number of hydrogen-bond acceptors (Lipinski definition) is 4. The molecule has 2 heterocycles. The van der Waals surface area contributed by atoms with Crippen LogP contribution in [0.25, 0.3) is 6.08 Å². The summed E-state index contributed by atoms with van der Waals surface area (Å²) in [5.74, 6) is 0.266. The Morgan fingerprint density at radius 2 is 2.10 bits per heavy atom. The van der Waals surface area contributed by atoms with Crippen LogP contribution < -0.4 is 0 Å². The summed E-state index contributed by atoms with van der Waals surface area (Å²) in [6.07, 6.45) is 4.17. The number of halogens is 1. The lowest BCUT2D eigenvalue weighted by Gasteiger charge is -1.96. The summed E-state index contributed by atoms with van der Waals surface area (Å²) >= 11 is 0. The maximum Gasteiger partial charge on any atom is 0.363 e. The number of aliphatic imine (C=N–C) groups is 1. The maximum absolute atomic E-state index is 13.1. The molecule has 0 radical (unpaired) electrons. The van der Waals surface area contributed by atoms with Gasteiger partial charge in [0.15, 0.2) is 11.6 Å². The average Bonchev–Trinajstić information content (AvgIpc) is 3.07. The molecule has 0 saturated carbocycles. The highest BCUT2D eigenvalue weighted by molar-refractivity contribution is 6.07. The third-order valence-corrected chi connectivity index (χ3v) is 2.98. The Morgan fingerprint density at radius 3 is 2.86 bits per heavy atom. The molecule has 5 heteroatoms. The summed E-state index contributed by atoms with van der Waals surface area (Å²) in [6.45, 7) is 0. The minimum atomic E-state index is -0.520. The molecule has 0 saturated heterocycles. The average molecular weight is 285 g/mol. The van der Waals surface area contributed by atoms with Gasteiger partial charge in [-0.25, -0.2) is 14.2 Å². The summed E-state index contributed by atoms with van der Waals surface area (Å²) < 4.78 is 23.4. The molecule has 0 aliphatic carbocycles. The molecule has 2 aromatic rings. The number of carbonyl (C=O) groups excluding carboxylic acids is 1. The van der Waals surface area contributed by atoms with E-state index < -0.39 is 5.97 Å². The number of hydrogen-bond donors (Lipinski definition) is 0. The van der Waals surface area contributed by atoms with Gasteiger partial charge < -0.3 is 9.15 Å². The van der Waals surface area contributed by atoms with E-state index in [2.05, 4.69) is 4.99 Å². The molecule has 0 fully saturated rings. The molecule has 0 atom stereocenters. The van der Waals surface area contributed by atoms with Crippen LogP contribution in [0.2, 0.25) is 0 Å². The van der Waals surface area contributed by atoms with Crippen molar-refractivity contribution >= 4 is 17.9 Å². The van der Waals surface area contributed by atoms with Gasteiger partial charge in [0, 0.05) is 12.8 Å². The zero-order valence-corrected chi connectivity index (χ0v) is 11.1. The highest BCUT2D eigenvalue weighted by Crippen LogP contribution is 2.18. The van der Waals surface area contributed by atoms with E-state index >= 15 is 0 Å². The second-order valence-electron chi connectivity index (χ2n) is 4.56. The number of aryl methyl sites for hydroxylation is 1. The first-order valence-corrected chi connectivity index (χ1v) is 6.50. The highest BCUT2D eigenvalue weighted by atomic mass is 19.1. The summed E-state index contributed by atoms with van der Waals surface area (Å²) in [5, 5.41) is 0. The van der Waals surface area contributed by atoms with Gasteiger partial charge >= 0.3 is 5.97 Å². The van der Waals surface area contributed by atoms with Crippen LogP contribution in [0.15, 0.2) is 57.8 Å². The zero-order chi connectivity index (χ0) is 14.7. The molecular weight excluding hydrogens is 273 g/mol. The highest BCUT2D eigenvalue weighted by Gasteiger charge is 2.22. The van der Waals surface area contributed by atoms with Crippen LogP contribution in [0.5, 0.6) is 0 Å². The lowest BCUT2D eigenvalue weighted by Crippen LogP contribution is -2.04. The number of rotatable bonds is 4. The zero-order valence-electron chi connectivity index (χ0n) is 11.1. The lowest BCUT2D eigenvalue weighted by atomic mass is 10.2. The van der Waals surface area contributed by atoms with Crippen LogP contribution in [0.3, 0.4) is 0 Å². The Bertz CT molecular complexity index is 717. The number of furan rings is 1. The number of carbonyl (C=O) groups is 1. The van der Waals surface area contributed by atoms with E-state index in [0.717, 1.165) is 5.76 Å². The van der Waals surface area contributed by atoms with Gasteiger partial charge in [0.1, 0.15) is 11.6 Å². The van der Waals surface area contributed by atoms with Crippen molar-refractivity contribution in [3.63, 3.8) is 0 Å². The molecule has 0 bridgehead atoms. The van der Waals surface area contributed by atoms with Gasteiger partial charge in [0.05, 0.1) is 6.26 Å². The van der Waals surface area contributed by atoms with Crippen molar-refractivity contribution in [2.24, 2.45) is 4.99 Å². The molecule has 3 rings (SSSR count). The van der Waals surface area contributed by atoms with Crippen molar-refractivity contribution in [3.05, 3.63) is 65.5 Å². The molecule has 0 unspecified atom stereocenters. The Hall–Kier alpha value is -2.69. The first kappa shape index (κ1) is 13.3. The van der Waals surface area contributed by atoms with Crippen molar-refractivity contribution < 1.29 is 18.3 Å². The van der Waals surface area contributed by atoms with Crippen molar-refractivity contribution in [2.75, 3.05) is 0 Å². The quantitative estimate of drug-likeness (QED) is 0.639. The fourth-order valence-corrected chi connectivity index (χ4v) is 2.00. The van der Waals surface area contributed by atoms with E-state index in [4.69, 9.17) is 9.15 Å². The Balaban J connectivity index is 1.72. The summed E-state index contributed by atoms with van der Waals surface area (Å²) in [5.41, 5.74) is 0.744. The predicted molar refractivity (Wildman–Crippen MR) is 74.9 cm³/mol. The van der Waals surface area contributed by atoms with Crippen molar-refractivity contribution in [1.82, 2.24) is 0 Å². The number of nitrogens with zero attached hydrogens (tertiary/aromatic N) is 1. The minimum absolute atomic E-state index is 0.176. The summed E-state index contributed by atoms with van der Waals surface area (Å²) in [7, 11) is 0. The molecule has 0 spiro atoms. The second kappa shape index (κ2) is 5.75. The SMILES string of the molecule is O=C1OC(CCc2ccco2)=N/C1=C/c1cccc(F)c1. The normalized spacial score (nSPS) is 16.1. The van der Waals surface area contributed by atoms with Crippen molar-refractivity contribution in [2.45, 2.75) is 12.8 Å². The second-order valence-corrected chi connectivity index (χ2v) is 4.56. The van der Waals surface area contributed by atoms with Gasteiger partial charge in [0.2, 0.25) is 0 Å². The Morgan fingerprint density at radius 1 is 1.19 bits per heavy atom. The summed E-state index contributed by atoms with van der Waals surface area (Å²) in [6, 6.07) is 9.58. The number of esters is 1. The van der Waals surface area contributed by atoms with E-state index in [1.165, 1.54) is 18.2 Å². The smallest absolute Gasteiger partial charge is 0.363 e. The Labute approximate surface area is 120 Å². The molecule has 4 nitrogen and oxygen atoms in total. The van der Waals surface area contributed by atoms with Gasteiger partial charge in [-0.05, 0) is 35.9 Å². The minimum Gasteiger partial charge on any atom is -0.469 e. The molecule has 0 amide bonds. The topological polar surface area (TPSA) is 51.8 Å². The van der Waals surface area contributed by atoms with Gasteiger partial charge in [-0.15, -0.1) is 0 Å². The fourth-order valence-electron chi connectivity index (χ4n) is 2.00. The van der Waals surface area contributed by atoms with Gasteiger partial charge in [-0.1, -0.05) is 12.1 Å². The molecule has 0 N–H and O–H groups in total. The Kier molecular flexibility index (Phi) is 3.64. The molecule has 106 valence electrons. The number of benzene rings is 1. The van der Waals surface area contributed by atoms with Crippen LogP contribution in [-0.4, -0.2) is 11.9 Å². The van der Waals surface area contributed by atoms with Crippen LogP contribution in [0.4, 0.5) is 4.39 Å². The van der Waals surface area contributed by atoms with Crippen LogP contribution in [0.1, 0.15) is 17.7 Å². The largest absolute Gasteiger partial charge is 0.469 e. The van der Waals surface area contributed by atoms with Crippen molar-refractivity contribution in [3.8, 4) is 0 Å². The monoisotopic (exact) mass is 285 g/mol. The number of ether oxygens (including phenoxy) is 1. The molecule has 1 aliphatic rings. The van der Waals surface area contributed by atoms with E-state index in [9.17, 15) is 9.18 Å². The molecule has 21 heavy (non-hydrogen) atoms. The van der Waals surface area contributed by atoms with Crippen LogP contribution in [0, 0.1) is 5.82 Å². The molecule has 1 aliphatic heterocycles. The maximum atomic E-state index is 13.1. The standard InChI is InChI=1S/C16H12FNO3/c17-12-4-1-3-11(9-12)10-14-16(19)21-15(18-14)7-6-13-5-2-8-20-13/h1-5,8-10H,6-7H2/b14-10+. The van der Waals surface area contributed by atoms with E-state index in [0.29, 0.717) is 24.3 Å². The van der Waals surface area contributed by atoms with Crippen molar-refractivity contribution in [1.29, 1.82) is 0 Å². The third-order valence-electron chi connectivity index (χ3n) is 2.98. The van der Waals surface area contributed by atoms with Gasteiger partial charge in [-0.2, -0.15) is 0 Å². The summed E-state index contributed by atoms with van der Waals surface area (Å²) in [4.78, 5) is 15.8. The van der Waals surface area contributed by atoms with E-state index in [1.807, 2.05) is 6.07 Å². The first-order valence-electron chi connectivity index (χ1n) is 6.50. The van der Waals surface area contributed by atoms with E-state index in [-0.39, 0.29) is 11.5 Å². The molecular formula is C16H12FNO3. The van der Waals surface area contributed by atoms with E-state index in [1.54, 1.807) is 24.5 Å².